The third-order valence-electron chi connectivity index (χ3n) is 6.12. The van der Waals surface area contributed by atoms with Crippen LogP contribution in [0.1, 0.15) is 35.3 Å². The van der Waals surface area contributed by atoms with Crippen LogP contribution in [0.3, 0.4) is 0 Å². The van der Waals surface area contributed by atoms with Gasteiger partial charge in [-0.15, -0.1) is 0 Å². The zero-order chi connectivity index (χ0) is 27.1. The average molecular weight is 533 g/mol. The first-order chi connectivity index (χ1) is 17.3. The Bertz CT molecular complexity index is 1450. The topological polar surface area (TPSA) is 104 Å². The van der Waals surface area contributed by atoms with Gasteiger partial charge < -0.3 is 10.0 Å². The van der Waals surface area contributed by atoms with E-state index in [2.05, 4.69) is 4.72 Å². The van der Waals surface area contributed by atoms with Crippen LogP contribution in [0, 0.1) is 5.92 Å². The summed E-state index contributed by atoms with van der Waals surface area (Å²) in [7, 11) is -4.10. The maximum absolute atomic E-state index is 12.8. The number of rotatable bonds is 7. The van der Waals surface area contributed by atoms with Gasteiger partial charge in [0.05, 0.1) is 10.5 Å². The van der Waals surface area contributed by atoms with Gasteiger partial charge in [0.25, 0.3) is 15.9 Å². The number of alkyl halides is 3. The van der Waals surface area contributed by atoms with Crippen molar-refractivity contribution in [3.63, 3.8) is 0 Å². The first kappa shape index (κ1) is 26.2. The fourth-order valence-electron chi connectivity index (χ4n) is 4.29. The third kappa shape index (κ3) is 5.31. The molecular weight excluding hydrogens is 509 g/mol. The highest BCUT2D eigenvalue weighted by atomic mass is 32.2. The van der Waals surface area contributed by atoms with Gasteiger partial charge in [-0.05, 0) is 71.1 Å². The number of carboxylic acid groups (broad SMARTS) is 1. The minimum Gasteiger partial charge on any atom is -0.480 e. The van der Waals surface area contributed by atoms with Crippen molar-refractivity contribution in [3.8, 4) is 11.1 Å². The summed E-state index contributed by atoms with van der Waals surface area (Å²) in [5.41, 5.74) is 1.88. The molecule has 1 unspecified atom stereocenters. The highest BCUT2D eigenvalue weighted by Gasteiger charge is 2.38. The number of carbonyl (C=O) groups excluding carboxylic acids is 1. The summed E-state index contributed by atoms with van der Waals surface area (Å²) in [5, 5.41) is 9.57. The number of benzene rings is 3. The summed E-state index contributed by atoms with van der Waals surface area (Å²) in [5.74, 6) is -1.67. The number of sulfonamides is 1. The van der Waals surface area contributed by atoms with Crippen LogP contribution < -0.4 is 4.72 Å². The van der Waals surface area contributed by atoms with E-state index >= 15 is 0 Å². The molecule has 11 heteroatoms. The molecule has 0 spiro atoms. The van der Waals surface area contributed by atoms with E-state index in [1.807, 2.05) is 0 Å². The highest BCUT2D eigenvalue weighted by Crippen LogP contribution is 2.32. The van der Waals surface area contributed by atoms with Crippen molar-refractivity contribution in [2.45, 2.75) is 37.5 Å². The molecule has 0 bridgehead atoms. The fourth-order valence-corrected chi connectivity index (χ4v) is 5.35. The van der Waals surface area contributed by atoms with E-state index in [4.69, 9.17) is 0 Å². The number of anilines is 1. The standard InChI is InChI=1S/C26H23F3N2O5S/c1-15(2)23(25(33)34)31-14-18-13-17(5-12-22(18)24(31)32)16-3-8-20(9-4-16)30-37(35,36)21-10-6-19(7-11-21)26(27,28)29/h3-13,15,23,30H,14H2,1-2H3,(H,33,34). The largest absolute Gasteiger partial charge is 0.480 e. The van der Waals surface area contributed by atoms with E-state index in [1.54, 1.807) is 44.2 Å². The Hall–Kier alpha value is -3.86. The molecule has 0 aliphatic carbocycles. The molecule has 3 aromatic rings. The van der Waals surface area contributed by atoms with E-state index in [0.29, 0.717) is 23.3 Å². The van der Waals surface area contributed by atoms with Gasteiger partial charge in [0.2, 0.25) is 0 Å². The van der Waals surface area contributed by atoms with Crippen LogP contribution in [0.2, 0.25) is 0 Å². The summed E-state index contributed by atoms with van der Waals surface area (Å²) >= 11 is 0. The predicted octanol–water partition coefficient (Wildman–Crippen LogP) is 5.24. The lowest BCUT2D eigenvalue weighted by molar-refractivity contribution is -0.144. The molecular formula is C26H23F3N2O5S. The van der Waals surface area contributed by atoms with Gasteiger partial charge in [0.1, 0.15) is 6.04 Å². The van der Waals surface area contributed by atoms with Crippen LogP contribution in [0.25, 0.3) is 11.1 Å². The van der Waals surface area contributed by atoms with Crippen molar-refractivity contribution < 1.29 is 36.3 Å². The predicted molar refractivity (Wildman–Crippen MR) is 130 cm³/mol. The van der Waals surface area contributed by atoms with Crippen LogP contribution in [0.4, 0.5) is 18.9 Å². The van der Waals surface area contributed by atoms with Crippen LogP contribution >= 0.6 is 0 Å². The van der Waals surface area contributed by atoms with Crippen LogP contribution in [-0.4, -0.2) is 36.3 Å². The SMILES string of the molecule is CC(C)C(C(=O)O)N1Cc2cc(-c3ccc(NS(=O)(=O)c4ccc(C(F)(F)F)cc4)cc3)ccc2C1=O. The van der Waals surface area contributed by atoms with Crippen molar-refractivity contribution in [1.29, 1.82) is 0 Å². The molecule has 0 aromatic heterocycles. The lowest BCUT2D eigenvalue weighted by Gasteiger charge is -2.27. The second-order valence-corrected chi connectivity index (χ2v) is 10.7. The number of halogens is 3. The quantitative estimate of drug-likeness (QED) is 0.433. The lowest BCUT2D eigenvalue weighted by Crippen LogP contribution is -2.44. The second kappa shape index (κ2) is 9.55. The molecule has 1 aliphatic heterocycles. The first-order valence-electron chi connectivity index (χ1n) is 11.2. The van der Waals surface area contributed by atoms with E-state index in [-0.39, 0.29) is 29.0 Å². The Balaban J connectivity index is 1.51. The minimum atomic E-state index is -4.57. The first-order valence-corrected chi connectivity index (χ1v) is 12.7. The molecule has 0 fully saturated rings. The van der Waals surface area contributed by atoms with Gasteiger partial charge in [0, 0.05) is 17.8 Å². The number of hydrogen-bond acceptors (Lipinski definition) is 4. The Kier molecular flexibility index (Phi) is 6.76. The van der Waals surface area contributed by atoms with Crippen molar-refractivity contribution in [2.75, 3.05) is 4.72 Å². The molecule has 1 amide bonds. The Morgan fingerprint density at radius 3 is 2.11 bits per heavy atom. The van der Waals surface area contributed by atoms with Crippen molar-refractivity contribution >= 4 is 27.6 Å². The molecule has 37 heavy (non-hydrogen) atoms. The number of carboxylic acids is 1. The minimum absolute atomic E-state index is 0.169. The van der Waals surface area contributed by atoms with Gasteiger partial charge in [-0.1, -0.05) is 32.0 Å². The van der Waals surface area contributed by atoms with Gasteiger partial charge in [-0.2, -0.15) is 13.2 Å². The summed E-state index contributed by atoms with van der Waals surface area (Å²) < 4.78 is 65.7. The van der Waals surface area contributed by atoms with Gasteiger partial charge in [-0.3, -0.25) is 9.52 Å². The van der Waals surface area contributed by atoms with E-state index in [1.165, 1.54) is 17.0 Å². The zero-order valence-electron chi connectivity index (χ0n) is 19.8. The number of nitrogens with one attached hydrogen (secondary N) is 1. The molecule has 1 heterocycles. The molecule has 1 atom stereocenters. The molecule has 0 saturated carbocycles. The number of hydrogen-bond donors (Lipinski definition) is 2. The third-order valence-corrected chi connectivity index (χ3v) is 7.52. The lowest BCUT2D eigenvalue weighted by atomic mass is 10.0. The Labute approximate surface area is 211 Å². The number of aliphatic carboxylic acids is 1. The smallest absolute Gasteiger partial charge is 0.416 e. The van der Waals surface area contributed by atoms with Crippen molar-refractivity contribution in [2.24, 2.45) is 5.92 Å². The summed E-state index contributed by atoms with van der Waals surface area (Å²) in [4.78, 5) is 25.5. The molecule has 4 rings (SSSR count). The maximum atomic E-state index is 12.8. The summed E-state index contributed by atoms with van der Waals surface area (Å²) in [6.07, 6.45) is -4.57. The van der Waals surface area contributed by atoms with Crippen LogP contribution in [0.15, 0.2) is 71.6 Å². The molecule has 1 aliphatic rings. The summed E-state index contributed by atoms with van der Waals surface area (Å²) in [6, 6.07) is 13.8. The van der Waals surface area contributed by atoms with Crippen molar-refractivity contribution in [3.05, 3.63) is 83.4 Å². The second-order valence-electron chi connectivity index (χ2n) is 9.04. The van der Waals surface area contributed by atoms with E-state index in [9.17, 15) is 36.3 Å². The number of fused-ring (bicyclic) bond motifs is 1. The van der Waals surface area contributed by atoms with Gasteiger partial charge >= 0.3 is 12.1 Å². The van der Waals surface area contributed by atoms with Gasteiger partial charge in [0.15, 0.2) is 0 Å². The van der Waals surface area contributed by atoms with E-state index < -0.39 is 33.8 Å². The molecule has 194 valence electrons. The monoisotopic (exact) mass is 532 g/mol. The zero-order valence-corrected chi connectivity index (χ0v) is 20.6. The normalized spacial score (nSPS) is 14.5. The fraction of sp³-hybridized carbons (Fsp3) is 0.231. The van der Waals surface area contributed by atoms with Crippen LogP contribution in [-0.2, 0) is 27.5 Å². The Morgan fingerprint density at radius 1 is 0.973 bits per heavy atom. The average Bonchev–Trinajstić information content (AvgIpc) is 3.13. The number of amides is 1. The molecule has 0 saturated heterocycles. The molecule has 0 radical (unpaired) electrons. The molecule has 2 N–H and O–H groups in total. The van der Waals surface area contributed by atoms with Crippen molar-refractivity contribution in [1.82, 2.24) is 4.90 Å². The Morgan fingerprint density at radius 2 is 1.57 bits per heavy atom. The molecule has 7 nitrogen and oxygen atoms in total. The summed E-state index contributed by atoms with van der Waals surface area (Å²) in [6.45, 7) is 3.66. The molecule has 3 aromatic carbocycles. The maximum Gasteiger partial charge on any atom is 0.416 e. The highest BCUT2D eigenvalue weighted by molar-refractivity contribution is 7.92. The van der Waals surface area contributed by atoms with Gasteiger partial charge in [-0.25, -0.2) is 13.2 Å². The van der Waals surface area contributed by atoms with E-state index in [0.717, 1.165) is 23.3 Å². The van der Waals surface area contributed by atoms with Crippen LogP contribution in [0.5, 0.6) is 0 Å². The number of nitrogens with zero attached hydrogens (tertiary/aromatic N) is 1. The number of carbonyl (C=O) groups is 2.